The van der Waals surface area contributed by atoms with Gasteiger partial charge in [-0.15, -0.1) is 0 Å². The molecule has 7 heteroatoms. The first-order valence-electron chi connectivity index (χ1n) is 4.84. The van der Waals surface area contributed by atoms with Crippen LogP contribution in [0, 0.1) is 0 Å². The third kappa shape index (κ3) is 4.13. The fourth-order valence-electron chi connectivity index (χ4n) is 0.967. The fraction of sp³-hybridized carbons (Fsp3) is 0.444. The van der Waals surface area contributed by atoms with Crippen LogP contribution in [0.2, 0.25) is 0 Å². The van der Waals surface area contributed by atoms with E-state index < -0.39 is 10.2 Å². The average Bonchev–Trinajstić information content (AvgIpc) is 2.26. The van der Waals surface area contributed by atoms with Gasteiger partial charge in [-0.05, 0) is 12.1 Å². The Balaban J connectivity index is 2.28. The molecule has 1 heterocycles. The van der Waals surface area contributed by atoms with Crippen LogP contribution < -0.4 is 10.0 Å². The largest absolute Gasteiger partial charge is 0.369 e. The standard InChI is InChI=1S/C9H16N4O2S/c1-13(2)16(14,15)12-8-7-11-9-5-3-4-6-10-9/h3-6,12H,7-8H2,1-2H3,(H,10,11). The molecule has 2 N–H and O–H groups in total. The van der Waals surface area contributed by atoms with Crippen LogP contribution in [0.5, 0.6) is 0 Å². The number of pyridine rings is 1. The number of hydrogen-bond acceptors (Lipinski definition) is 4. The predicted molar refractivity (Wildman–Crippen MR) is 63.3 cm³/mol. The molecule has 90 valence electrons. The molecule has 1 aromatic heterocycles. The fourth-order valence-corrected chi connectivity index (χ4v) is 1.59. The lowest BCUT2D eigenvalue weighted by molar-refractivity contribution is 0.507. The van der Waals surface area contributed by atoms with Crippen molar-refractivity contribution >= 4 is 16.0 Å². The summed E-state index contributed by atoms with van der Waals surface area (Å²) >= 11 is 0. The van der Waals surface area contributed by atoms with E-state index in [1.165, 1.54) is 14.1 Å². The monoisotopic (exact) mass is 244 g/mol. The Morgan fingerprint density at radius 2 is 2.06 bits per heavy atom. The molecule has 0 aromatic carbocycles. The van der Waals surface area contributed by atoms with Crippen LogP contribution in [0.1, 0.15) is 0 Å². The van der Waals surface area contributed by atoms with Crippen LogP contribution in [0.15, 0.2) is 24.4 Å². The molecular weight excluding hydrogens is 228 g/mol. The van der Waals surface area contributed by atoms with Gasteiger partial charge < -0.3 is 5.32 Å². The first-order valence-corrected chi connectivity index (χ1v) is 6.28. The Labute approximate surface area is 95.9 Å². The zero-order valence-electron chi connectivity index (χ0n) is 9.34. The van der Waals surface area contributed by atoms with E-state index in [-0.39, 0.29) is 0 Å². The molecule has 0 unspecified atom stereocenters. The van der Waals surface area contributed by atoms with Gasteiger partial charge in [-0.1, -0.05) is 6.07 Å². The van der Waals surface area contributed by atoms with Crippen molar-refractivity contribution in [3.05, 3.63) is 24.4 Å². The van der Waals surface area contributed by atoms with Gasteiger partial charge in [-0.2, -0.15) is 12.7 Å². The van der Waals surface area contributed by atoms with E-state index in [0.717, 1.165) is 10.1 Å². The van der Waals surface area contributed by atoms with Crippen LogP contribution in [0.3, 0.4) is 0 Å². The number of rotatable bonds is 6. The zero-order valence-corrected chi connectivity index (χ0v) is 10.2. The first kappa shape index (κ1) is 12.9. The Morgan fingerprint density at radius 3 is 2.62 bits per heavy atom. The molecule has 0 amide bonds. The van der Waals surface area contributed by atoms with Crippen LogP contribution in [-0.2, 0) is 10.2 Å². The molecule has 0 saturated heterocycles. The quantitative estimate of drug-likeness (QED) is 0.685. The molecule has 0 fully saturated rings. The van der Waals surface area contributed by atoms with Crippen LogP contribution in [0.25, 0.3) is 0 Å². The summed E-state index contributed by atoms with van der Waals surface area (Å²) in [4.78, 5) is 4.05. The number of nitrogens with one attached hydrogen (secondary N) is 2. The van der Waals surface area contributed by atoms with Crippen molar-refractivity contribution < 1.29 is 8.42 Å². The van der Waals surface area contributed by atoms with Crippen molar-refractivity contribution in [2.24, 2.45) is 0 Å². The molecule has 0 aliphatic carbocycles. The van der Waals surface area contributed by atoms with Crippen LogP contribution >= 0.6 is 0 Å². The molecule has 0 aliphatic heterocycles. The number of nitrogens with zero attached hydrogens (tertiary/aromatic N) is 2. The molecule has 0 bridgehead atoms. The summed E-state index contributed by atoms with van der Waals surface area (Å²) in [5, 5.41) is 3.00. The van der Waals surface area contributed by atoms with Crippen molar-refractivity contribution in [1.82, 2.24) is 14.0 Å². The van der Waals surface area contributed by atoms with Gasteiger partial charge >= 0.3 is 0 Å². The summed E-state index contributed by atoms with van der Waals surface area (Å²) in [5.74, 6) is 0.728. The van der Waals surface area contributed by atoms with Gasteiger partial charge in [-0.3, -0.25) is 0 Å². The molecule has 0 atom stereocenters. The van der Waals surface area contributed by atoms with Crippen molar-refractivity contribution in [3.8, 4) is 0 Å². The molecular formula is C9H16N4O2S. The highest BCUT2D eigenvalue weighted by Gasteiger charge is 2.10. The topological polar surface area (TPSA) is 74.3 Å². The summed E-state index contributed by atoms with van der Waals surface area (Å²) in [6, 6.07) is 5.50. The van der Waals surface area contributed by atoms with Gasteiger partial charge in [0.2, 0.25) is 0 Å². The lowest BCUT2D eigenvalue weighted by Crippen LogP contribution is -2.38. The van der Waals surface area contributed by atoms with Crippen LogP contribution in [-0.4, -0.2) is 44.9 Å². The minimum absolute atomic E-state index is 0.317. The molecule has 1 rings (SSSR count). The number of anilines is 1. The first-order chi connectivity index (χ1) is 7.52. The van der Waals surface area contributed by atoms with Gasteiger partial charge in [-0.25, -0.2) is 9.71 Å². The third-order valence-electron chi connectivity index (χ3n) is 1.86. The molecule has 6 nitrogen and oxygen atoms in total. The Bertz CT molecular complexity index is 405. The average molecular weight is 244 g/mol. The minimum Gasteiger partial charge on any atom is -0.369 e. The van der Waals surface area contributed by atoms with E-state index in [1.54, 1.807) is 6.20 Å². The summed E-state index contributed by atoms with van der Waals surface area (Å²) in [5.41, 5.74) is 0. The summed E-state index contributed by atoms with van der Waals surface area (Å²) in [7, 11) is -0.368. The smallest absolute Gasteiger partial charge is 0.278 e. The van der Waals surface area contributed by atoms with Gasteiger partial charge in [0.05, 0.1) is 0 Å². The maximum Gasteiger partial charge on any atom is 0.278 e. The van der Waals surface area contributed by atoms with Crippen molar-refractivity contribution in [3.63, 3.8) is 0 Å². The molecule has 16 heavy (non-hydrogen) atoms. The lowest BCUT2D eigenvalue weighted by atomic mass is 10.4. The second-order valence-electron chi connectivity index (χ2n) is 3.32. The minimum atomic E-state index is -3.33. The van der Waals surface area contributed by atoms with Crippen molar-refractivity contribution in [1.29, 1.82) is 0 Å². The number of aromatic nitrogens is 1. The highest BCUT2D eigenvalue weighted by Crippen LogP contribution is 1.98. The summed E-state index contributed by atoms with van der Waals surface area (Å²) < 4.78 is 26.2. The number of hydrogen-bond donors (Lipinski definition) is 2. The lowest BCUT2D eigenvalue weighted by Gasteiger charge is -2.12. The van der Waals surface area contributed by atoms with E-state index in [9.17, 15) is 8.42 Å². The highest BCUT2D eigenvalue weighted by molar-refractivity contribution is 7.87. The van der Waals surface area contributed by atoms with Crippen molar-refractivity contribution in [2.75, 3.05) is 32.5 Å². The molecule has 0 radical (unpaired) electrons. The Kier molecular flexibility index (Phi) is 4.66. The van der Waals surface area contributed by atoms with Crippen molar-refractivity contribution in [2.45, 2.75) is 0 Å². The van der Waals surface area contributed by atoms with Gasteiger partial charge in [0.1, 0.15) is 5.82 Å². The van der Waals surface area contributed by atoms with Gasteiger partial charge in [0.25, 0.3) is 10.2 Å². The molecule has 1 aromatic rings. The Hall–Kier alpha value is -1.18. The second kappa shape index (κ2) is 5.78. The Morgan fingerprint density at radius 1 is 1.31 bits per heavy atom. The van der Waals surface area contributed by atoms with E-state index in [2.05, 4.69) is 15.0 Å². The van der Waals surface area contributed by atoms with E-state index >= 15 is 0 Å². The van der Waals surface area contributed by atoms with Gasteiger partial charge in [0.15, 0.2) is 0 Å². The zero-order chi connectivity index (χ0) is 12.0. The third-order valence-corrected chi connectivity index (χ3v) is 3.39. The predicted octanol–water partition coefficient (Wildman–Crippen LogP) is -0.110. The molecule has 0 saturated carbocycles. The van der Waals surface area contributed by atoms with Crippen LogP contribution in [0.4, 0.5) is 5.82 Å². The SMILES string of the molecule is CN(C)S(=O)(=O)NCCNc1ccccn1. The summed E-state index contributed by atoms with van der Waals surface area (Å²) in [6.45, 7) is 0.807. The maximum atomic E-state index is 11.3. The highest BCUT2D eigenvalue weighted by atomic mass is 32.2. The molecule has 0 spiro atoms. The molecule has 0 aliphatic rings. The van der Waals surface area contributed by atoms with Gasteiger partial charge in [0, 0.05) is 33.4 Å². The normalized spacial score (nSPS) is 11.7. The summed E-state index contributed by atoms with van der Waals surface area (Å²) in [6.07, 6.45) is 1.67. The second-order valence-corrected chi connectivity index (χ2v) is 5.29. The maximum absolute atomic E-state index is 11.3. The van der Waals surface area contributed by atoms with E-state index in [0.29, 0.717) is 13.1 Å². The van der Waals surface area contributed by atoms with E-state index in [1.807, 2.05) is 18.2 Å². The van der Waals surface area contributed by atoms with E-state index in [4.69, 9.17) is 0 Å².